The van der Waals surface area contributed by atoms with Crippen LogP contribution in [0.2, 0.25) is 5.02 Å². The Morgan fingerprint density at radius 2 is 2.00 bits per heavy atom. The Hall–Kier alpha value is -1.65. The highest BCUT2D eigenvalue weighted by Gasteiger charge is 2.09. The molecule has 0 atom stereocenters. The van der Waals surface area contributed by atoms with Gasteiger partial charge in [-0.1, -0.05) is 23.7 Å². The van der Waals surface area contributed by atoms with E-state index in [2.05, 4.69) is 4.98 Å². The van der Waals surface area contributed by atoms with Crippen molar-refractivity contribution < 1.29 is 4.42 Å². The normalized spacial score (nSPS) is 10.9. The van der Waals surface area contributed by atoms with Crippen LogP contribution in [0.25, 0.3) is 11.1 Å². The number of nitrogen functional groups attached to an aromatic ring is 1. The van der Waals surface area contributed by atoms with Crippen LogP contribution in [0.3, 0.4) is 0 Å². The summed E-state index contributed by atoms with van der Waals surface area (Å²) in [5.74, 6) is 0. The SMILES string of the molecule is Nc1ccc2oc(Sc3ccccc3Cl)nc2c1. The molecular formula is C13H9ClN2OS. The number of halogens is 1. The maximum Gasteiger partial charge on any atom is 0.261 e. The van der Waals surface area contributed by atoms with Crippen molar-refractivity contribution in [3.8, 4) is 0 Å². The summed E-state index contributed by atoms with van der Waals surface area (Å²) in [5, 5.41) is 1.24. The second-order valence-corrected chi connectivity index (χ2v) is 5.14. The molecule has 3 aromatic rings. The van der Waals surface area contributed by atoms with Crippen molar-refractivity contribution in [3.63, 3.8) is 0 Å². The van der Waals surface area contributed by atoms with Crippen LogP contribution in [-0.2, 0) is 0 Å². The summed E-state index contributed by atoms with van der Waals surface area (Å²) < 4.78 is 5.62. The molecule has 3 rings (SSSR count). The molecule has 3 nitrogen and oxygen atoms in total. The van der Waals surface area contributed by atoms with E-state index < -0.39 is 0 Å². The Kier molecular flexibility index (Phi) is 2.89. The number of nitrogens with zero attached hydrogens (tertiary/aromatic N) is 1. The fourth-order valence-electron chi connectivity index (χ4n) is 1.59. The Bertz CT molecular complexity index is 711. The lowest BCUT2D eigenvalue weighted by Crippen LogP contribution is -1.82. The molecule has 2 N–H and O–H groups in total. The molecule has 0 saturated carbocycles. The maximum atomic E-state index is 6.09. The van der Waals surface area contributed by atoms with Crippen LogP contribution in [0.5, 0.6) is 0 Å². The van der Waals surface area contributed by atoms with Gasteiger partial charge in [0, 0.05) is 10.6 Å². The van der Waals surface area contributed by atoms with Crippen LogP contribution in [0.4, 0.5) is 5.69 Å². The Morgan fingerprint density at radius 1 is 1.17 bits per heavy atom. The number of benzene rings is 2. The number of rotatable bonds is 2. The summed E-state index contributed by atoms with van der Waals surface area (Å²) in [5.41, 5.74) is 7.85. The number of aromatic nitrogens is 1. The number of hydrogen-bond acceptors (Lipinski definition) is 4. The quantitative estimate of drug-likeness (QED) is 0.712. The molecule has 0 fully saturated rings. The minimum Gasteiger partial charge on any atom is -0.431 e. The zero-order valence-corrected chi connectivity index (χ0v) is 10.8. The minimum absolute atomic E-state index is 0.559. The molecule has 5 heteroatoms. The Morgan fingerprint density at radius 3 is 2.83 bits per heavy atom. The largest absolute Gasteiger partial charge is 0.431 e. The van der Waals surface area contributed by atoms with E-state index in [-0.39, 0.29) is 0 Å². The average molecular weight is 277 g/mol. The third-order valence-corrected chi connectivity index (χ3v) is 3.79. The fraction of sp³-hybridized carbons (Fsp3) is 0. The highest BCUT2D eigenvalue weighted by molar-refractivity contribution is 7.99. The van der Waals surface area contributed by atoms with Crippen LogP contribution in [-0.4, -0.2) is 4.98 Å². The lowest BCUT2D eigenvalue weighted by atomic mass is 10.3. The molecule has 18 heavy (non-hydrogen) atoms. The number of nitrogens with two attached hydrogens (primary N) is 1. The lowest BCUT2D eigenvalue weighted by Gasteiger charge is -1.98. The van der Waals surface area contributed by atoms with E-state index in [1.165, 1.54) is 11.8 Å². The van der Waals surface area contributed by atoms with E-state index in [0.717, 1.165) is 16.0 Å². The molecule has 0 aliphatic carbocycles. The van der Waals surface area contributed by atoms with E-state index >= 15 is 0 Å². The Labute approximate surface area is 113 Å². The van der Waals surface area contributed by atoms with Crippen molar-refractivity contribution >= 4 is 40.1 Å². The van der Waals surface area contributed by atoms with Crippen molar-refractivity contribution in [2.45, 2.75) is 10.1 Å². The number of oxazole rings is 1. The smallest absolute Gasteiger partial charge is 0.261 e. The van der Waals surface area contributed by atoms with Crippen molar-refractivity contribution in [2.24, 2.45) is 0 Å². The van der Waals surface area contributed by atoms with Crippen molar-refractivity contribution in [3.05, 3.63) is 47.5 Å². The minimum atomic E-state index is 0.559. The zero-order valence-electron chi connectivity index (χ0n) is 9.26. The number of hydrogen-bond donors (Lipinski definition) is 1. The summed E-state index contributed by atoms with van der Waals surface area (Å²) in [4.78, 5) is 5.28. The first-order chi connectivity index (χ1) is 8.72. The van der Waals surface area contributed by atoms with Gasteiger partial charge in [0.1, 0.15) is 5.52 Å². The molecule has 0 aliphatic rings. The second kappa shape index (κ2) is 4.55. The third-order valence-electron chi connectivity index (χ3n) is 2.43. The molecule has 90 valence electrons. The van der Waals surface area contributed by atoms with Gasteiger partial charge in [-0.2, -0.15) is 0 Å². The molecule has 0 unspecified atom stereocenters. The van der Waals surface area contributed by atoms with Gasteiger partial charge < -0.3 is 10.2 Å². The van der Waals surface area contributed by atoms with Crippen LogP contribution >= 0.6 is 23.4 Å². The van der Waals surface area contributed by atoms with E-state index in [1.54, 1.807) is 12.1 Å². The summed E-state index contributed by atoms with van der Waals surface area (Å²) >= 11 is 7.48. The molecule has 0 radical (unpaired) electrons. The molecule has 0 bridgehead atoms. The van der Waals surface area contributed by atoms with Gasteiger partial charge in [-0.15, -0.1) is 0 Å². The monoisotopic (exact) mass is 276 g/mol. The van der Waals surface area contributed by atoms with E-state index in [0.29, 0.717) is 15.9 Å². The third kappa shape index (κ3) is 2.17. The van der Waals surface area contributed by atoms with Crippen LogP contribution < -0.4 is 5.73 Å². The number of anilines is 1. The summed E-state index contributed by atoms with van der Waals surface area (Å²) in [6.07, 6.45) is 0. The van der Waals surface area contributed by atoms with Gasteiger partial charge in [-0.3, -0.25) is 0 Å². The maximum absolute atomic E-state index is 6.09. The van der Waals surface area contributed by atoms with Crippen LogP contribution in [0, 0.1) is 0 Å². The van der Waals surface area contributed by atoms with Crippen molar-refractivity contribution in [2.75, 3.05) is 5.73 Å². The highest BCUT2D eigenvalue weighted by Crippen LogP contribution is 2.34. The predicted octanol–water partition coefficient (Wildman–Crippen LogP) is 4.21. The summed E-state index contributed by atoms with van der Waals surface area (Å²) in [7, 11) is 0. The average Bonchev–Trinajstić information content (AvgIpc) is 2.73. The Balaban J connectivity index is 1.98. The fourth-order valence-corrected chi connectivity index (χ4v) is 2.62. The molecular weight excluding hydrogens is 268 g/mol. The molecule has 0 aliphatic heterocycles. The highest BCUT2D eigenvalue weighted by atomic mass is 35.5. The first kappa shape index (κ1) is 11.4. The second-order valence-electron chi connectivity index (χ2n) is 3.74. The van der Waals surface area contributed by atoms with Gasteiger partial charge in [-0.25, -0.2) is 4.98 Å². The standard InChI is InChI=1S/C13H9ClN2OS/c14-9-3-1-2-4-12(9)18-13-16-10-7-8(15)5-6-11(10)17-13/h1-7H,15H2. The van der Waals surface area contributed by atoms with E-state index in [4.69, 9.17) is 21.8 Å². The van der Waals surface area contributed by atoms with Gasteiger partial charge in [0.2, 0.25) is 0 Å². The molecule has 0 amide bonds. The molecule has 0 saturated heterocycles. The topological polar surface area (TPSA) is 52.0 Å². The molecule has 0 spiro atoms. The summed E-state index contributed by atoms with van der Waals surface area (Å²) in [6, 6.07) is 13.0. The summed E-state index contributed by atoms with van der Waals surface area (Å²) in [6.45, 7) is 0. The molecule has 1 heterocycles. The zero-order chi connectivity index (χ0) is 12.5. The van der Waals surface area contributed by atoms with E-state index in [9.17, 15) is 0 Å². The van der Waals surface area contributed by atoms with Crippen molar-refractivity contribution in [1.29, 1.82) is 0 Å². The van der Waals surface area contributed by atoms with Crippen LogP contribution in [0.15, 0.2) is 57.0 Å². The predicted molar refractivity (Wildman–Crippen MR) is 74.0 cm³/mol. The van der Waals surface area contributed by atoms with Crippen molar-refractivity contribution in [1.82, 2.24) is 4.98 Å². The first-order valence-corrected chi connectivity index (χ1v) is 6.50. The molecule has 2 aromatic carbocycles. The van der Waals surface area contributed by atoms with Gasteiger partial charge in [-0.05, 0) is 42.1 Å². The van der Waals surface area contributed by atoms with Gasteiger partial charge in [0.05, 0.1) is 5.02 Å². The molecule has 1 aromatic heterocycles. The van der Waals surface area contributed by atoms with Crippen LogP contribution in [0.1, 0.15) is 0 Å². The first-order valence-electron chi connectivity index (χ1n) is 5.31. The van der Waals surface area contributed by atoms with Gasteiger partial charge >= 0.3 is 0 Å². The van der Waals surface area contributed by atoms with Gasteiger partial charge in [0.15, 0.2) is 5.58 Å². The lowest BCUT2D eigenvalue weighted by molar-refractivity contribution is 0.489. The van der Waals surface area contributed by atoms with Gasteiger partial charge in [0.25, 0.3) is 5.22 Å². The number of fused-ring (bicyclic) bond motifs is 1. The van der Waals surface area contributed by atoms with E-state index in [1.807, 2.05) is 30.3 Å².